The molecule has 36 heavy (non-hydrogen) atoms. The van der Waals surface area contributed by atoms with Gasteiger partial charge in [-0.15, -0.1) is 11.3 Å². The zero-order chi connectivity index (χ0) is 25.4. The van der Waals surface area contributed by atoms with Crippen LogP contribution >= 0.6 is 34.7 Å². The molecule has 0 N–H and O–H groups in total. The lowest BCUT2D eigenvalue weighted by Gasteiger charge is -2.17. The summed E-state index contributed by atoms with van der Waals surface area (Å²) in [6, 6.07) is 15.2. The van der Waals surface area contributed by atoms with Gasteiger partial charge >= 0.3 is 0 Å². The van der Waals surface area contributed by atoms with E-state index in [0.29, 0.717) is 37.7 Å². The first-order valence-electron chi connectivity index (χ1n) is 11.8. The highest BCUT2D eigenvalue weighted by molar-refractivity contribution is 8.03. The molecule has 2 aliphatic rings. The van der Waals surface area contributed by atoms with Gasteiger partial charge < -0.3 is 4.90 Å². The van der Waals surface area contributed by atoms with Gasteiger partial charge in [-0.25, -0.2) is 0 Å². The number of aromatic nitrogens is 1. The molecule has 0 atom stereocenters. The molecule has 184 valence electrons. The number of hydrazone groups is 1. The van der Waals surface area contributed by atoms with Crippen molar-refractivity contribution in [2.75, 3.05) is 16.5 Å². The number of nitrogens with zero attached hydrogens (tertiary/aromatic N) is 4. The number of amides is 1. The smallest absolute Gasteiger partial charge is 0.283 e. The van der Waals surface area contributed by atoms with Gasteiger partial charge in [0.1, 0.15) is 4.66 Å². The van der Waals surface area contributed by atoms with Crippen LogP contribution in [-0.4, -0.2) is 22.7 Å². The molecule has 0 saturated heterocycles. The minimum Gasteiger partial charge on any atom is -0.335 e. The van der Waals surface area contributed by atoms with Crippen molar-refractivity contribution in [3.63, 3.8) is 0 Å². The number of thioether (sulfide) groups is 1. The van der Waals surface area contributed by atoms with E-state index < -0.39 is 0 Å². The number of carbonyl (C=O) groups excluding carboxylic acids is 1. The molecule has 1 aromatic heterocycles. The van der Waals surface area contributed by atoms with Gasteiger partial charge in [-0.1, -0.05) is 48.5 Å². The molecular weight excluding hydrogens is 512 g/mol. The van der Waals surface area contributed by atoms with Crippen molar-refractivity contribution >= 4 is 69.3 Å². The number of para-hydroxylation sites is 1. The molecule has 0 aliphatic carbocycles. The third-order valence-electron chi connectivity index (χ3n) is 5.97. The summed E-state index contributed by atoms with van der Waals surface area (Å²) in [5.74, 6) is -0.217. The Balaban J connectivity index is 1.61. The summed E-state index contributed by atoms with van der Waals surface area (Å²) in [5.41, 5.74) is 2.77. The van der Waals surface area contributed by atoms with Crippen molar-refractivity contribution in [3.05, 3.63) is 84.2 Å². The van der Waals surface area contributed by atoms with Crippen LogP contribution in [0.5, 0.6) is 0 Å². The first-order valence-corrected chi connectivity index (χ1v) is 13.8. The van der Waals surface area contributed by atoms with Crippen LogP contribution in [0.25, 0.3) is 11.6 Å². The highest BCUT2D eigenvalue weighted by Crippen LogP contribution is 2.46. The number of anilines is 2. The number of hydrogen-bond donors (Lipinski definition) is 0. The first kappa shape index (κ1) is 24.6. The maximum absolute atomic E-state index is 13.4. The standard InChI is InChI=1S/C27H25ClN4O2S2/c1-4-15-31-25(33)22(13-14-23-30(5-2)20-16-18(28)11-12-21(20)35-23)36-27(31)24-17(3)29-32(26(24)34)19-9-7-6-8-10-19/h6-14,16H,4-5,15H2,1-3H3. The van der Waals surface area contributed by atoms with E-state index in [2.05, 4.69) is 16.9 Å². The summed E-state index contributed by atoms with van der Waals surface area (Å²) in [5, 5.41) is 7.65. The van der Waals surface area contributed by atoms with Crippen LogP contribution in [-0.2, 0) is 11.3 Å². The second-order valence-corrected chi connectivity index (χ2v) is 10.9. The molecule has 9 heteroatoms. The van der Waals surface area contributed by atoms with E-state index in [9.17, 15) is 9.59 Å². The second kappa shape index (κ2) is 10.1. The fraction of sp³-hybridized carbons (Fsp3) is 0.222. The minimum atomic E-state index is -0.217. The monoisotopic (exact) mass is 536 g/mol. The van der Waals surface area contributed by atoms with Crippen molar-refractivity contribution in [2.24, 2.45) is 5.10 Å². The summed E-state index contributed by atoms with van der Waals surface area (Å²) in [4.78, 5) is 30.2. The molecule has 0 spiro atoms. The summed E-state index contributed by atoms with van der Waals surface area (Å²) in [6.07, 6.45) is 4.62. The number of fused-ring (bicyclic) bond motifs is 1. The highest BCUT2D eigenvalue weighted by Gasteiger charge is 2.31. The SMILES string of the molecule is CCCn1c(=C2C(=O)N(c3ccccc3)N=C2C)sc(=CC=C2Sc3ccc(Cl)cc3N2CC)c1=O. The van der Waals surface area contributed by atoms with Crippen LogP contribution < -0.4 is 24.7 Å². The lowest BCUT2D eigenvalue weighted by atomic mass is 10.2. The Morgan fingerprint density at radius 3 is 2.56 bits per heavy atom. The molecule has 0 unspecified atom stereocenters. The summed E-state index contributed by atoms with van der Waals surface area (Å²) >= 11 is 9.22. The summed E-state index contributed by atoms with van der Waals surface area (Å²) < 4.78 is 2.95. The normalized spacial score (nSPS) is 18.4. The number of benzene rings is 2. The van der Waals surface area contributed by atoms with Gasteiger partial charge in [0.15, 0.2) is 0 Å². The largest absolute Gasteiger partial charge is 0.335 e. The van der Waals surface area contributed by atoms with E-state index in [1.165, 1.54) is 16.3 Å². The first-order chi connectivity index (χ1) is 17.4. The van der Waals surface area contributed by atoms with Gasteiger partial charge in [0.25, 0.3) is 11.5 Å². The van der Waals surface area contributed by atoms with Crippen LogP contribution in [0.3, 0.4) is 0 Å². The lowest BCUT2D eigenvalue weighted by molar-refractivity contribution is -0.112. The predicted molar refractivity (Wildman–Crippen MR) is 151 cm³/mol. The van der Waals surface area contributed by atoms with Crippen molar-refractivity contribution in [1.82, 2.24) is 4.57 Å². The third kappa shape index (κ3) is 4.34. The number of allylic oxidation sites excluding steroid dienone is 1. The van der Waals surface area contributed by atoms with Crippen molar-refractivity contribution in [1.29, 1.82) is 0 Å². The van der Waals surface area contributed by atoms with Crippen LogP contribution in [0, 0.1) is 0 Å². The molecule has 5 rings (SSSR count). The number of hydrogen-bond acceptors (Lipinski definition) is 6. The third-order valence-corrected chi connectivity index (χ3v) is 8.49. The molecule has 2 aromatic carbocycles. The molecular formula is C27H25ClN4O2S2. The molecule has 0 fully saturated rings. The quantitative estimate of drug-likeness (QED) is 0.470. The van der Waals surface area contributed by atoms with Crippen LogP contribution in [0.4, 0.5) is 11.4 Å². The number of thiazole rings is 1. The topological polar surface area (TPSA) is 57.9 Å². The molecule has 0 bridgehead atoms. The van der Waals surface area contributed by atoms with Crippen molar-refractivity contribution in [2.45, 2.75) is 38.6 Å². The van der Waals surface area contributed by atoms with Gasteiger partial charge in [-0.2, -0.15) is 10.1 Å². The van der Waals surface area contributed by atoms with Gasteiger partial charge in [0.2, 0.25) is 0 Å². The zero-order valence-corrected chi connectivity index (χ0v) is 22.6. The van der Waals surface area contributed by atoms with Gasteiger partial charge in [-0.3, -0.25) is 14.2 Å². The Kier molecular flexibility index (Phi) is 6.92. The summed E-state index contributed by atoms with van der Waals surface area (Å²) in [7, 11) is 0. The van der Waals surface area contributed by atoms with E-state index in [0.717, 1.165) is 28.6 Å². The maximum Gasteiger partial charge on any atom is 0.283 e. The van der Waals surface area contributed by atoms with Crippen molar-refractivity contribution < 1.29 is 4.79 Å². The predicted octanol–water partition coefficient (Wildman–Crippen LogP) is 4.80. The Labute approximate surface area is 222 Å². The fourth-order valence-electron chi connectivity index (χ4n) is 4.31. The van der Waals surface area contributed by atoms with Gasteiger partial charge in [-0.05, 0) is 62.8 Å². The molecule has 3 aromatic rings. The van der Waals surface area contributed by atoms with Crippen LogP contribution in [0.15, 0.2) is 74.4 Å². The molecule has 0 saturated carbocycles. The molecule has 2 aliphatic heterocycles. The number of carbonyl (C=O) groups is 1. The molecule has 6 nitrogen and oxygen atoms in total. The van der Waals surface area contributed by atoms with Crippen LogP contribution in [0.2, 0.25) is 5.02 Å². The Morgan fingerprint density at radius 1 is 1.06 bits per heavy atom. The Bertz CT molecular complexity index is 1590. The minimum absolute atomic E-state index is 0.0911. The Morgan fingerprint density at radius 2 is 1.83 bits per heavy atom. The van der Waals surface area contributed by atoms with Gasteiger partial charge in [0, 0.05) is 23.0 Å². The maximum atomic E-state index is 13.4. The number of rotatable bonds is 5. The fourth-order valence-corrected chi connectivity index (χ4v) is 6.75. The molecule has 1 amide bonds. The zero-order valence-electron chi connectivity index (χ0n) is 20.2. The molecule has 3 heterocycles. The van der Waals surface area contributed by atoms with Crippen LogP contribution in [0.1, 0.15) is 27.2 Å². The Hall–Kier alpha value is -3.07. The van der Waals surface area contributed by atoms with Gasteiger partial charge in [0.05, 0.1) is 32.2 Å². The van der Waals surface area contributed by atoms with Crippen molar-refractivity contribution in [3.8, 4) is 0 Å². The average molecular weight is 537 g/mol. The van der Waals surface area contributed by atoms with E-state index in [1.54, 1.807) is 16.3 Å². The van der Waals surface area contributed by atoms with E-state index in [-0.39, 0.29) is 11.5 Å². The van der Waals surface area contributed by atoms with E-state index in [1.807, 2.05) is 74.5 Å². The highest BCUT2D eigenvalue weighted by atomic mass is 35.5. The summed E-state index contributed by atoms with van der Waals surface area (Å²) in [6.45, 7) is 7.25. The lowest BCUT2D eigenvalue weighted by Crippen LogP contribution is -2.34. The second-order valence-electron chi connectivity index (χ2n) is 8.37. The molecule has 0 radical (unpaired) electrons. The van der Waals surface area contributed by atoms with E-state index >= 15 is 0 Å². The average Bonchev–Trinajstić information content (AvgIpc) is 3.48. The number of halogens is 1. The van der Waals surface area contributed by atoms with E-state index in [4.69, 9.17) is 11.6 Å².